The highest BCUT2D eigenvalue weighted by Gasteiger charge is 2.22. The zero-order chi connectivity index (χ0) is 18.2. The molecule has 0 radical (unpaired) electrons. The van der Waals surface area contributed by atoms with Gasteiger partial charge >= 0.3 is 0 Å². The monoisotopic (exact) mass is 348 g/mol. The first kappa shape index (κ1) is 17.8. The Bertz CT molecular complexity index is 788. The van der Waals surface area contributed by atoms with Crippen LogP contribution < -0.4 is 15.4 Å². The third-order valence-electron chi connectivity index (χ3n) is 4.36. The summed E-state index contributed by atoms with van der Waals surface area (Å²) in [4.78, 5) is 4.27. The first-order chi connectivity index (χ1) is 12.8. The van der Waals surface area contributed by atoms with Gasteiger partial charge in [-0.2, -0.15) is 5.26 Å². The minimum atomic E-state index is 0.644. The molecule has 2 N–H and O–H groups in total. The van der Waals surface area contributed by atoms with E-state index < -0.39 is 0 Å². The van der Waals surface area contributed by atoms with Crippen LogP contribution in [0, 0.1) is 17.2 Å². The molecule has 0 bridgehead atoms. The number of nitrogens with one attached hydrogen (secondary N) is 2. The first-order valence-electron chi connectivity index (χ1n) is 8.92. The van der Waals surface area contributed by atoms with Crippen LogP contribution in [0.2, 0.25) is 0 Å². The highest BCUT2D eigenvalue weighted by Crippen LogP contribution is 2.30. The Morgan fingerprint density at radius 3 is 2.54 bits per heavy atom. The van der Waals surface area contributed by atoms with E-state index in [4.69, 9.17) is 10.00 Å². The molecular weight excluding hydrogens is 324 g/mol. The number of rotatable bonds is 7. The molecule has 0 spiro atoms. The molecule has 0 heterocycles. The molecule has 1 aliphatic rings. The average molecular weight is 348 g/mol. The molecule has 0 atom stereocenters. The smallest absolute Gasteiger partial charge is 0.191 e. The Labute approximate surface area is 154 Å². The minimum absolute atomic E-state index is 0.644. The third kappa shape index (κ3) is 5.25. The number of ether oxygens (including phenoxy) is 1. The molecule has 134 valence electrons. The fourth-order valence-electron chi connectivity index (χ4n) is 2.57. The van der Waals surface area contributed by atoms with Gasteiger partial charge in [-0.25, -0.2) is 0 Å². The second-order valence-corrected chi connectivity index (χ2v) is 6.45. The van der Waals surface area contributed by atoms with Gasteiger partial charge < -0.3 is 15.4 Å². The summed E-state index contributed by atoms with van der Waals surface area (Å²) in [7, 11) is 1.75. The molecule has 26 heavy (non-hydrogen) atoms. The van der Waals surface area contributed by atoms with Crippen LogP contribution in [0.5, 0.6) is 5.75 Å². The van der Waals surface area contributed by atoms with Gasteiger partial charge in [0.15, 0.2) is 5.96 Å². The SMILES string of the molecule is CN=C(NCc1ccc(C#N)cc1)NCc1ccccc1OCC1CC1. The van der Waals surface area contributed by atoms with Crippen molar-refractivity contribution in [2.45, 2.75) is 25.9 Å². The van der Waals surface area contributed by atoms with Crippen molar-refractivity contribution in [1.29, 1.82) is 5.26 Å². The maximum absolute atomic E-state index is 8.85. The Hall–Kier alpha value is -3.00. The topological polar surface area (TPSA) is 69.4 Å². The molecule has 0 aliphatic heterocycles. The van der Waals surface area contributed by atoms with Gasteiger partial charge in [0.05, 0.1) is 18.2 Å². The molecule has 0 unspecified atom stereocenters. The highest BCUT2D eigenvalue weighted by molar-refractivity contribution is 5.79. The molecule has 0 amide bonds. The summed E-state index contributed by atoms with van der Waals surface area (Å²) in [5, 5.41) is 15.5. The summed E-state index contributed by atoms with van der Waals surface area (Å²) >= 11 is 0. The van der Waals surface area contributed by atoms with Crippen molar-refractivity contribution in [1.82, 2.24) is 10.6 Å². The van der Waals surface area contributed by atoms with Gasteiger partial charge in [0.1, 0.15) is 5.75 Å². The van der Waals surface area contributed by atoms with Crippen LogP contribution in [0.25, 0.3) is 0 Å². The quantitative estimate of drug-likeness (QED) is 0.595. The van der Waals surface area contributed by atoms with Crippen LogP contribution in [0.1, 0.15) is 29.5 Å². The van der Waals surface area contributed by atoms with E-state index in [1.165, 1.54) is 12.8 Å². The standard InChI is InChI=1S/C21H24N4O/c1-23-21(24-13-17-8-6-16(12-22)7-9-17)25-14-19-4-2-3-5-20(19)26-15-18-10-11-18/h2-9,18H,10-11,13-15H2,1H3,(H2,23,24,25). The van der Waals surface area contributed by atoms with Crippen molar-refractivity contribution < 1.29 is 4.74 Å². The van der Waals surface area contributed by atoms with Gasteiger partial charge in [-0.05, 0) is 42.5 Å². The van der Waals surface area contributed by atoms with Crippen LogP contribution in [-0.2, 0) is 13.1 Å². The molecule has 5 heteroatoms. The molecule has 1 aliphatic carbocycles. The van der Waals surface area contributed by atoms with Gasteiger partial charge in [-0.1, -0.05) is 30.3 Å². The van der Waals surface area contributed by atoms with Crippen LogP contribution in [0.4, 0.5) is 0 Å². The lowest BCUT2D eigenvalue weighted by atomic mass is 10.1. The van der Waals surface area contributed by atoms with Crippen molar-refractivity contribution in [3.63, 3.8) is 0 Å². The van der Waals surface area contributed by atoms with Crippen LogP contribution in [0.15, 0.2) is 53.5 Å². The molecule has 1 fully saturated rings. The largest absolute Gasteiger partial charge is 0.493 e. The van der Waals surface area contributed by atoms with E-state index in [0.29, 0.717) is 18.7 Å². The highest BCUT2D eigenvalue weighted by atomic mass is 16.5. The van der Waals surface area contributed by atoms with Crippen LogP contribution in [-0.4, -0.2) is 19.6 Å². The van der Waals surface area contributed by atoms with Gasteiger partial charge in [0.25, 0.3) is 0 Å². The number of hydrogen-bond donors (Lipinski definition) is 2. The summed E-state index contributed by atoms with van der Waals surface area (Å²) in [5.74, 6) is 2.40. The van der Waals surface area contributed by atoms with Gasteiger partial charge in [-0.3, -0.25) is 4.99 Å². The maximum Gasteiger partial charge on any atom is 0.191 e. The van der Waals surface area contributed by atoms with E-state index in [1.54, 1.807) is 7.05 Å². The number of nitrogens with zero attached hydrogens (tertiary/aromatic N) is 2. The fourth-order valence-corrected chi connectivity index (χ4v) is 2.57. The summed E-state index contributed by atoms with van der Waals surface area (Å²) in [6.07, 6.45) is 2.57. The van der Waals surface area contributed by atoms with Crippen molar-refractivity contribution in [3.8, 4) is 11.8 Å². The maximum atomic E-state index is 8.85. The first-order valence-corrected chi connectivity index (χ1v) is 8.92. The predicted molar refractivity (Wildman–Crippen MR) is 103 cm³/mol. The number of para-hydroxylation sites is 1. The van der Waals surface area contributed by atoms with Gasteiger partial charge in [0.2, 0.25) is 0 Å². The number of guanidine groups is 1. The Morgan fingerprint density at radius 2 is 1.85 bits per heavy atom. The molecule has 1 saturated carbocycles. The van der Waals surface area contributed by atoms with Crippen molar-refractivity contribution in [2.24, 2.45) is 10.9 Å². The molecule has 0 aromatic heterocycles. The zero-order valence-electron chi connectivity index (χ0n) is 15.0. The Kier molecular flexibility index (Phi) is 6.10. The second kappa shape index (κ2) is 8.91. The number of hydrogen-bond acceptors (Lipinski definition) is 3. The van der Waals surface area contributed by atoms with Crippen molar-refractivity contribution in [3.05, 3.63) is 65.2 Å². The van der Waals surface area contributed by atoms with Crippen molar-refractivity contribution in [2.75, 3.05) is 13.7 Å². The molecule has 2 aromatic carbocycles. The summed E-state index contributed by atoms with van der Waals surface area (Å²) in [6, 6.07) is 17.8. The van der Waals surface area contributed by atoms with E-state index >= 15 is 0 Å². The number of nitriles is 1. The van der Waals surface area contributed by atoms with Crippen molar-refractivity contribution >= 4 is 5.96 Å². The van der Waals surface area contributed by atoms with Crippen LogP contribution in [0.3, 0.4) is 0 Å². The summed E-state index contributed by atoms with van der Waals surface area (Å²) in [6.45, 7) is 2.10. The lowest BCUT2D eigenvalue weighted by Crippen LogP contribution is -2.36. The minimum Gasteiger partial charge on any atom is -0.493 e. The molecule has 5 nitrogen and oxygen atoms in total. The molecule has 3 rings (SSSR count). The predicted octanol–water partition coefficient (Wildman–Crippen LogP) is 3.21. The van der Waals surface area contributed by atoms with E-state index in [2.05, 4.69) is 27.8 Å². The van der Waals surface area contributed by atoms with E-state index in [0.717, 1.165) is 35.4 Å². The summed E-state index contributed by atoms with van der Waals surface area (Å²) < 4.78 is 5.95. The van der Waals surface area contributed by atoms with Gasteiger partial charge in [0, 0.05) is 25.7 Å². The number of benzene rings is 2. The second-order valence-electron chi connectivity index (χ2n) is 6.45. The lowest BCUT2D eigenvalue weighted by molar-refractivity contribution is 0.296. The van der Waals surface area contributed by atoms with E-state index in [9.17, 15) is 0 Å². The Balaban J connectivity index is 1.51. The average Bonchev–Trinajstić information content (AvgIpc) is 3.52. The zero-order valence-corrected chi connectivity index (χ0v) is 15.0. The summed E-state index contributed by atoms with van der Waals surface area (Å²) in [5.41, 5.74) is 2.88. The molecular formula is C21H24N4O. The van der Waals surface area contributed by atoms with E-state index in [-0.39, 0.29) is 0 Å². The fraction of sp³-hybridized carbons (Fsp3) is 0.333. The van der Waals surface area contributed by atoms with Gasteiger partial charge in [-0.15, -0.1) is 0 Å². The van der Waals surface area contributed by atoms with Crippen LogP contribution >= 0.6 is 0 Å². The Morgan fingerprint density at radius 1 is 1.12 bits per heavy atom. The number of aliphatic imine (C=N–C) groups is 1. The molecule has 2 aromatic rings. The third-order valence-corrected chi connectivity index (χ3v) is 4.36. The molecule has 0 saturated heterocycles. The normalized spacial score (nSPS) is 13.8. The lowest BCUT2D eigenvalue weighted by Gasteiger charge is -2.15. The van der Waals surface area contributed by atoms with E-state index in [1.807, 2.05) is 42.5 Å².